The maximum absolute atomic E-state index is 13.4. The summed E-state index contributed by atoms with van der Waals surface area (Å²) >= 11 is 6.02. The molecule has 0 aliphatic rings. The molecule has 0 heterocycles. The number of benzene rings is 2. The zero-order chi connectivity index (χ0) is 22.5. The average molecular weight is 429 g/mol. The van der Waals surface area contributed by atoms with Crippen LogP contribution >= 0.6 is 11.6 Å². The number of aryl methyl sites for hydroxylation is 2. The number of nitrogens with zero attached hydrogens (tertiary/aromatic N) is 1. The van der Waals surface area contributed by atoms with E-state index in [0.717, 1.165) is 22.3 Å². The third kappa shape index (κ3) is 6.88. The van der Waals surface area contributed by atoms with Crippen molar-refractivity contribution in [3.63, 3.8) is 0 Å². The smallest absolute Gasteiger partial charge is 0.243 e. The van der Waals surface area contributed by atoms with Crippen molar-refractivity contribution < 1.29 is 9.59 Å². The van der Waals surface area contributed by atoms with Gasteiger partial charge in [0.15, 0.2) is 0 Å². The number of hydrogen-bond donors (Lipinski definition) is 1. The summed E-state index contributed by atoms with van der Waals surface area (Å²) in [7, 11) is 0. The number of carbonyl (C=O) groups excluding carboxylic acids is 2. The number of halogens is 1. The van der Waals surface area contributed by atoms with Crippen molar-refractivity contribution in [3.8, 4) is 0 Å². The van der Waals surface area contributed by atoms with Crippen molar-refractivity contribution in [2.75, 3.05) is 0 Å². The Morgan fingerprint density at radius 2 is 1.70 bits per heavy atom. The van der Waals surface area contributed by atoms with Gasteiger partial charge >= 0.3 is 0 Å². The fraction of sp³-hybridized carbons (Fsp3) is 0.440. The van der Waals surface area contributed by atoms with E-state index in [-0.39, 0.29) is 23.8 Å². The highest BCUT2D eigenvalue weighted by atomic mass is 35.5. The summed E-state index contributed by atoms with van der Waals surface area (Å²) < 4.78 is 0. The molecule has 30 heavy (non-hydrogen) atoms. The van der Waals surface area contributed by atoms with Crippen LogP contribution in [-0.2, 0) is 22.6 Å². The van der Waals surface area contributed by atoms with Crippen LogP contribution in [0, 0.1) is 13.8 Å². The van der Waals surface area contributed by atoms with Gasteiger partial charge in [-0.05, 0) is 69.9 Å². The number of carbonyl (C=O) groups is 2. The van der Waals surface area contributed by atoms with Gasteiger partial charge in [-0.3, -0.25) is 9.59 Å². The molecule has 0 aliphatic heterocycles. The fourth-order valence-corrected chi connectivity index (χ4v) is 3.54. The summed E-state index contributed by atoms with van der Waals surface area (Å²) in [4.78, 5) is 28.2. The third-order valence-corrected chi connectivity index (χ3v) is 5.25. The molecule has 162 valence electrons. The lowest BCUT2D eigenvalue weighted by Crippen LogP contribution is -2.53. The molecule has 0 saturated heterocycles. The lowest BCUT2D eigenvalue weighted by atomic mass is 10.0. The third-order valence-electron chi connectivity index (χ3n) is 5.00. The molecule has 0 aromatic heterocycles. The molecule has 0 bridgehead atoms. The highest BCUT2D eigenvalue weighted by Gasteiger charge is 2.30. The van der Waals surface area contributed by atoms with Crippen LogP contribution in [0.15, 0.2) is 42.5 Å². The molecule has 2 rings (SSSR count). The van der Waals surface area contributed by atoms with Gasteiger partial charge in [0, 0.05) is 17.1 Å². The predicted molar refractivity (Wildman–Crippen MR) is 124 cm³/mol. The molecule has 5 heteroatoms. The molecule has 1 N–H and O–H groups in total. The Kier molecular flexibility index (Phi) is 8.08. The van der Waals surface area contributed by atoms with Crippen molar-refractivity contribution in [1.82, 2.24) is 10.2 Å². The second kappa shape index (κ2) is 10.1. The standard InChI is InChI=1S/C25H33ClN2O2/c1-7-22(24(30)27-25(4,5)6)28(16-19-10-12-21(26)13-11-19)23(29)15-20-14-17(2)8-9-18(20)3/h8-14,22H,7,15-16H2,1-6H3,(H,27,30)/t22-/m1/s1. The number of nitrogens with one attached hydrogen (secondary N) is 1. The Bertz CT molecular complexity index is 885. The first-order valence-corrected chi connectivity index (χ1v) is 10.8. The van der Waals surface area contributed by atoms with Gasteiger partial charge in [0.2, 0.25) is 11.8 Å². The monoisotopic (exact) mass is 428 g/mol. The van der Waals surface area contributed by atoms with Gasteiger partial charge in [0.1, 0.15) is 6.04 Å². The van der Waals surface area contributed by atoms with E-state index in [9.17, 15) is 9.59 Å². The van der Waals surface area contributed by atoms with E-state index in [2.05, 4.69) is 5.32 Å². The molecule has 4 nitrogen and oxygen atoms in total. The summed E-state index contributed by atoms with van der Waals surface area (Å²) in [6.45, 7) is 12.2. The molecule has 0 fully saturated rings. The normalized spacial score (nSPS) is 12.4. The minimum atomic E-state index is -0.544. The highest BCUT2D eigenvalue weighted by molar-refractivity contribution is 6.30. The van der Waals surface area contributed by atoms with Crippen LogP contribution in [0.5, 0.6) is 0 Å². The Labute approximate surface area is 185 Å². The molecule has 1 atom stereocenters. The van der Waals surface area contributed by atoms with E-state index in [1.807, 2.05) is 71.9 Å². The van der Waals surface area contributed by atoms with Gasteiger partial charge in [-0.1, -0.05) is 54.4 Å². The fourth-order valence-electron chi connectivity index (χ4n) is 3.41. The second-order valence-electron chi connectivity index (χ2n) is 8.92. The maximum atomic E-state index is 13.4. The van der Waals surface area contributed by atoms with E-state index in [1.54, 1.807) is 17.0 Å². The van der Waals surface area contributed by atoms with Crippen molar-refractivity contribution in [1.29, 1.82) is 0 Å². The first kappa shape index (κ1) is 23.9. The quantitative estimate of drug-likeness (QED) is 0.657. The van der Waals surface area contributed by atoms with Gasteiger partial charge in [-0.25, -0.2) is 0 Å². The number of rotatable bonds is 7. The van der Waals surface area contributed by atoms with E-state index in [1.165, 1.54) is 0 Å². The number of amides is 2. The van der Waals surface area contributed by atoms with Crippen LogP contribution in [0.3, 0.4) is 0 Å². The van der Waals surface area contributed by atoms with E-state index >= 15 is 0 Å². The van der Waals surface area contributed by atoms with Gasteiger partial charge in [-0.15, -0.1) is 0 Å². The minimum absolute atomic E-state index is 0.0606. The van der Waals surface area contributed by atoms with Gasteiger partial charge in [0.05, 0.1) is 6.42 Å². The first-order chi connectivity index (χ1) is 14.0. The summed E-state index contributed by atoms with van der Waals surface area (Å²) in [5.41, 5.74) is 3.76. The molecule has 0 aliphatic carbocycles. The lowest BCUT2D eigenvalue weighted by molar-refractivity contribution is -0.141. The summed E-state index contributed by atoms with van der Waals surface area (Å²) in [5, 5.41) is 3.67. The second-order valence-corrected chi connectivity index (χ2v) is 9.35. The average Bonchev–Trinajstić information content (AvgIpc) is 2.64. The van der Waals surface area contributed by atoms with Crippen molar-refractivity contribution >= 4 is 23.4 Å². The van der Waals surface area contributed by atoms with Crippen molar-refractivity contribution in [3.05, 3.63) is 69.7 Å². The zero-order valence-electron chi connectivity index (χ0n) is 18.9. The van der Waals surface area contributed by atoms with Crippen molar-refractivity contribution in [2.24, 2.45) is 0 Å². The van der Waals surface area contributed by atoms with Crippen LogP contribution < -0.4 is 5.32 Å². The van der Waals surface area contributed by atoms with Crippen LogP contribution in [0.4, 0.5) is 0 Å². The van der Waals surface area contributed by atoms with E-state index in [0.29, 0.717) is 18.0 Å². The van der Waals surface area contributed by atoms with Crippen LogP contribution in [0.25, 0.3) is 0 Å². The Balaban J connectivity index is 2.35. The Hall–Kier alpha value is -2.33. The van der Waals surface area contributed by atoms with Gasteiger partial charge in [0.25, 0.3) is 0 Å². The predicted octanol–water partition coefficient (Wildman–Crippen LogP) is 5.22. The largest absolute Gasteiger partial charge is 0.350 e. The molecular weight excluding hydrogens is 396 g/mol. The molecule has 0 spiro atoms. The Morgan fingerprint density at radius 1 is 1.07 bits per heavy atom. The van der Waals surface area contributed by atoms with Crippen LogP contribution in [-0.4, -0.2) is 28.3 Å². The lowest BCUT2D eigenvalue weighted by Gasteiger charge is -2.33. The molecule has 0 saturated carbocycles. The topological polar surface area (TPSA) is 49.4 Å². The molecule has 0 radical (unpaired) electrons. The van der Waals surface area contributed by atoms with Crippen molar-refractivity contribution in [2.45, 2.75) is 72.5 Å². The first-order valence-electron chi connectivity index (χ1n) is 10.4. The summed E-state index contributed by atoms with van der Waals surface area (Å²) in [5.74, 6) is -0.192. The van der Waals surface area contributed by atoms with Crippen LogP contribution in [0.1, 0.15) is 56.4 Å². The summed E-state index contributed by atoms with van der Waals surface area (Å²) in [6, 6.07) is 13.0. The molecule has 0 unspecified atom stereocenters. The minimum Gasteiger partial charge on any atom is -0.350 e. The molecule has 2 aromatic carbocycles. The molecule has 2 aromatic rings. The van der Waals surface area contributed by atoms with Crippen LogP contribution in [0.2, 0.25) is 5.02 Å². The van der Waals surface area contributed by atoms with Gasteiger partial charge in [-0.2, -0.15) is 0 Å². The molecule has 2 amide bonds. The zero-order valence-corrected chi connectivity index (χ0v) is 19.6. The van der Waals surface area contributed by atoms with E-state index in [4.69, 9.17) is 11.6 Å². The van der Waals surface area contributed by atoms with Gasteiger partial charge < -0.3 is 10.2 Å². The highest BCUT2D eigenvalue weighted by Crippen LogP contribution is 2.19. The number of hydrogen-bond acceptors (Lipinski definition) is 2. The SMILES string of the molecule is CC[C@H](C(=O)NC(C)(C)C)N(Cc1ccc(Cl)cc1)C(=O)Cc1cc(C)ccc1C. The Morgan fingerprint density at radius 3 is 2.27 bits per heavy atom. The molecular formula is C25H33ClN2O2. The van der Waals surface area contributed by atoms with E-state index < -0.39 is 6.04 Å². The summed E-state index contributed by atoms with van der Waals surface area (Å²) in [6.07, 6.45) is 0.800. The maximum Gasteiger partial charge on any atom is 0.243 e.